The van der Waals surface area contributed by atoms with Gasteiger partial charge in [-0.15, -0.1) is 0 Å². The van der Waals surface area contributed by atoms with Crippen LogP contribution in [0.3, 0.4) is 0 Å². The summed E-state index contributed by atoms with van der Waals surface area (Å²) < 4.78 is 25.0. The van der Waals surface area contributed by atoms with E-state index in [0.29, 0.717) is 24.4 Å². The van der Waals surface area contributed by atoms with E-state index in [4.69, 9.17) is 18.9 Å². The third-order valence-electron chi connectivity index (χ3n) is 9.59. The predicted molar refractivity (Wildman–Crippen MR) is 90.2 cm³/mol. The summed E-state index contributed by atoms with van der Waals surface area (Å²) in [4.78, 5) is 12.1. The third kappa shape index (κ3) is 1.15. The number of carbonyl (C=O) groups is 1. The Balaban J connectivity index is 1.39. The molecule has 26 heavy (non-hydrogen) atoms. The molecule has 0 aromatic carbocycles. The van der Waals surface area contributed by atoms with Crippen LogP contribution in [0.4, 0.5) is 0 Å². The van der Waals surface area contributed by atoms with Crippen molar-refractivity contribution < 1.29 is 23.7 Å². The Morgan fingerprint density at radius 3 is 2.73 bits per heavy atom. The highest BCUT2D eigenvalue weighted by Gasteiger charge is 2.99. The highest BCUT2D eigenvalue weighted by Crippen LogP contribution is 2.84. The number of hydrogen-bond donors (Lipinski definition) is 0. The van der Waals surface area contributed by atoms with Crippen molar-refractivity contribution in [3.63, 3.8) is 0 Å². The van der Waals surface area contributed by atoms with Gasteiger partial charge in [0.1, 0.15) is 35.6 Å². The molecule has 3 saturated heterocycles. The van der Waals surface area contributed by atoms with E-state index in [0.717, 1.165) is 24.8 Å². The second kappa shape index (κ2) is 3.81. The molecular formula is C21H26O5. The summed E-state index contributed by atoms with van der Waals surface area (Å²) >= 11 is 0. The number of esters is 1. The number of carbonyl (C=O) groups excluding carboxylic acids is 1. The van der Waals surface area contributed by atoms with E-state index >= 15 is 0 Å². The van der Waals surface area contributed by atoms with E-state index in [1.165, 1.54) is 5.57 Å². The molecule has 3 aliphatic carbocycles. The fourth-order valence-corrected chi connectivity index (χ4v) is 8.27. The summed E-state index contributed by atoms with van der Waals surface area (Å²) in [5, 5.41) is 0. The van der Waals surface area contributed by atoms with Crippen LogP contribution in [0.15, 0.2) is 11.1 Å². The van der Waals surface area contributed by atoms with E-state index in [9.17, 15) is 4.79 Å². The second-order valence-electron chi connectivity index (χ2n) is 10.2. The van der Waals surface area contributed by atoms with Crippen LogP contribution in [0, 0.1) is 23.2 Å². The Morgan fingerprint density at radius 2 is 1.96 bits per heavy atom. The van der Waals surface area contributed by atoms with Crippen molar-refractivity contribution in [2.24, 2.45) is 23.2 Å². The van der Waals surface area contributed by atoms with E-state index in [1.807, 2.05) is 0 Å². The first-order valence-corrected chi connectivity index (χ1v) is 10.3. The molecule has 9 atom stereocenters. The van der Waals surface area contributed by atoms with Crippen LogP contribution in [-0.4, -0.2) is 47.7 Å². The molecule has 7 aliphatic rings. The second-order valence-corrected chi connectivity index (χ2v) is 10.2. The maximum atomic E-state index is 12.1. The molecule has 0 bridgehead atoms. The number of cyclic esters (lactones) is 1. The average Bonchev–Trinajstić information content (AvgIpc) is 3.47. The van der Waals surface area contributed by atoms with Gasteiger partial charge in [-0.25, -0.2) is 4.79 Å². The van der Waals surface area contributed by atoms with Gasteiger partial charge >= 0.3 is 5.97 Å². The number of rotatable bonds is 1. The lowest BCUT2D eigenvalue weighted by molar-refractivity contribution is -0.136. The van der Waals surface area contributed by atoms with Gasteiger partial charge in [-0.05, 0) is 36.7 Å². The standard InChI is InChI=1S/C21H26O5/c1-9(2)19-10(3)20-14(24-20)7-13-12-8-23-17(22)11(12)5-6-18(13,4)21(20)16(26-21)15(19)25-19/h9-10,13-16H,5-8H2,1-4H3/t10?,13-,14?,15-,16-,18-,19+,20?,21?/m0/s1. The molecule has 5 nitrogen and oxygen atoms in total. The van der Waals surface area contributed by atoms with Crippen LogP contribution in [0.2, 0.25) is 0 Å². The van der Waals surface area contributed by atoms with Gasteiger partial charge < -0.3 is 18.9 Å². The number of ether oxygens (including phenoxy) is 4. The largest absolute Gasteiger partial charge is 0.458 e. The van der Waals surface area contributed by atoms with Gasteiger partial charge in [0.15, 0.2) is 0 Å². The maximum Gasteiger partial charge on any atom is 0.334 e. The van der Waals surface area contributed by atoms with Crippen molar-refractivity contribution >= 4 is 5.97 Å². The highest BCUT2D eigenvalue weighted by molar-refractivity contribution is 5.92. The van der Waals surface area contributed by atoms with Crippen LogP contribution < -0.4 is 0 Å². The normalized spacial score (nSPS) is 63.1. The third-order valence-corrected chi connectivity index (χ3v) is 9.59. The lowest BCUT2D eigenvalue weighted by Gasteiger charge is -2.53. The lowest BCUT2D eigenvalue weighted by atomic mass is 9.45. The van der Waals surface area contributed by atoms with Crippen molar-refractivity contribution in [2.75, 3.05) is 6.61 Å². The molecule has 0 amide bonds. The van der Waals surface area contributed by atoms with E-state index in [1.54, 1.807) is 0 Å². The van der Waals surface area contributed by atoms with Gasteiger partial charge in [-0.2, -0.15) is 0 Å². The zero-order valence-electron chi connectivity index (χ0n) is 15.8. The molecule has 2 saturated carbocycles. The molecule has 0 aromatic rings. The van der Waals surface area contributed by atoms with Gasteiger partial charge in [0, 0.05) is 16.9 Å². The molecule has 7 rings (SSSR count). The van der Waals surface area contributed by atoms with Crippen LogP contribution in [0.1, 0.15) is 47.0 Å². The van der Waals surface area contributed by atoms with Gasteiger partial charge in [0.2, 0.25) is 0 Å². The minimum Gasteiger partial charge on any atom is -0.458 e. The SMILES string of the molecule is CC(C)[C@]12O[C@H]1[C@@H]1OC13C1(OC1C[C@H]1C4=C(CC[C@@]13C)C(=O)OC4)C2C. The molecule has 0 aromatic heterocycles. The minimum absolute atomic E-state index is 0.000823. The Hall–Kier alpha value is -0.910. The molecular weight excluding hydrogens is 332 g/mol. The van der Waals surface area contributed by atoms with Crippen LogP contribution >= 0.6 is 0 Å². The zero-order valence-corrected chi connectivity index (χ0v) is 15.8. The zero-order chi connectivity index (χ0) is 17.9. The van der Waals surface area contributed by atoms with Crippen molar-refractivity contribution in [1.29, 1.82) is 0 Å². The van der Waals surface area contributed by atoms with E-state index in [-0.39, 0.29) is 46.5 Å². The van der Waals surface area contributed by atoms with Crippen LogP contribution in [0.25, 0.3) is 0 Å². The first-order valence-electron chi connectivity index (χ1n) is 10.3. The number of fused-ring (bicyclic) bond motifs is 4. The summed E-state index contributed by atoms with van der Waals surface area (Å²) in [5.74, 6) is 1.05. The Labute approximate surface area is 153 Å². The Bertz CT molecular complexity index is 817. The summed E-state index contributed by atoms with van der Waals surface area (Å²) in [7, 11) is 0. The number of epoxide rings is 3. The first-order chi connectivity index (χ1) is 12.3. The van der Waals surface area contributed by atoms with E-state index < -0.39 is 0 Å². The van der Waals surface area contributed by atoms with Gasteiger partial charge in [-0.1, -0.05) is 27.7 Å². The van der Waals surface area contributed by atoms with Gasteiger partial charge in [-0.3, -0.25) is 0 Å². The molecule has 4 aliphatic heterocycles. The monoisotopic (exact) mass is 358 g/mol. The molecule has 140 valence electrons. The summed E-state index contributed by atoms with van der Waals surface area (Å²) in [6.07, 6.45) is 3.37. The maximum absolute atomic E-state index is 12.1. The topological polar surface area (TPSA) is 63.9 Å². The molecule has 0 N–H and O–H groups in total. The molecule has 2 spiro atoms. The Morgan fingerprint density at radius 1 is 1.15 bits per heavy atom. The predicted octanol–water partition coefficient (Wildman–Crippen LogP) is 2.38. The van der Waals surface area contributed by atoms with Gasteiger partial charge in [0.25, 0.3) is 0 Å². The first kappa shape index (κ1) is 15.1. The lowest BCUT2D eigenvalue weighted by Crippen LogP contribution is -2.66. The molecule has 0 radical (unpaired) electrons. The fourth-order valence-electron chi connectivity index (χ4n) is 8.27. The quantitative estimate of drug-likeness (QED) is 0.532. The van der Waals surface area contributed by atoms with Crippen molar-refractivity contribution in [2.45, 2.75) is 82.1 Å². The van der Waals surface area contributed by atoms with Crippen LogP contribution in [0.5, 0.6) is 0 Å². The van der Waals surface area contributed by atoms with Crippen molar-refractivity contribution in [1.82, 2.24) is 0 Å². The molecule has 5 heteroatoms. The number of hydrogen-bond acceptors (Lipinski definition) is 5. The molecule has 5 fully saturated rings. The van der Waals surface area contributed by atoms with Crippen LogP contribution in [-0.2, 0) is 23.7 Å². The fraction of sp³-hybridized carbons (Fsp3) is 0.857. The van der Waals surface area contributed by atoms with E-state index in [2.05, 4.69) is 27.7 Å². The Kier molecular flexibility index (Phi) is 2.21. The van der Waals surface area contributed by atoms with Crippen molar-refractivity contribution in [3.05, 3.63) is 11.1 Å². The highest BCUT2D eigenvalue weighted by atomic mass is 16.7. The smallest absolute Gasteiger partial charge is 0.334 e. The van der Waals surface area contributed by atoms with Gasteiger partial charge in [0.05, 0.1) is 6.10 Å². The molecule has 4 unspecified atom stereocenters. The van der Waals surface area contributed by atoms with Crippen molar-refractivity contribution in [3.8, 4) is 0 Å². The summed E-state index contributed by atoms with van der Waals surface area (Å²) in [6.45, 7) is 9.74. The summed E-state index contributed by atoms with van der Waals surface area (Å²) in [6, 6.07) is 0. The minimum atomic E-state index is -0.239. The molecule has 4 heterocycles. The summed E-state index contributed by atoms with van der Waals surface area (Å²) in [5.41, 5.74) is 1.67. The average molecular weight is 358 g/mol.